The number of aliphatic hydroxyl groups is 1. The fourth-order valence-corrected chi connectivity index (χ4v) is 6.77. The molecular weight excluding hydrogens is 822 g/mol. The molecule has 4 N–H and O–H groups in total. The van der Waals surface area contributed by atoms with Crippen LogP contribution < -0.4 is 0 Å². The fourth-order valence-electron chi connectivity index (χ4n) is 5.62. The first kappa shape index (κ1) is 58.6. The van der Waals surface area contributed by atoms with Crippen LogP contribution in [-0.2, 0) is 41.8 Å². The van der Waals surface area contributed by atoms with Gasteiger partial charge in [0.25, 0.3) is 0 Å². The monoisotopic (exact) mass is 903 g/mol. The van der Waals surface area contributed by atoms with E-state index in [1.165, 1.54) is 57.8 Å². The fraction of sp³-hybridized carbons (Fsp3) is 0.696. The molecule has 15 heteroatoms. The van der Waals surface area contributed by atoms with E-state index in [2.05, 4.69) is 83.7 Å². The van der Waals surface area contributed by atoms with Crippen LogP contribution >= 0.6 is 15.6 Å². The molecule has 13 nitrogen and oxygen atoms in total. The quantitative estimate of drug-likeness (QED) is 0.0196. The minimum atomic E-state index is -4.87. The van der Waals surface area contributed by atoms with Crippen molar-refractivity contribution in [2.24, 2.45) is 0 Å². The first-order valence-corrected chi connectivity index (χ1v) is 25.7. The Morgan fingerprint density at radius 3 is 1.43 bits per heavy atom. The molecular formula is C46H80O13P2. The lowest BCUT2D eigenvalue weighted by Gasteiger charge is -2.20. The van der Waals surface area contributed by atoms with Gasteiger partial charge in [-0.15, -0.1) is 0 Å². The Bertz CT molecular complexity index is 1350. The average Bonchev–Trinajstić information content (AvgIpc) is 3.22. The van der Waals surface area contributed by atoms with E-state index in [-0.39, 0.29) is 12.8 Å². The van der Waals surface area contributed by atoms with E-state index in [1.54, 1.807) is 0 Å². The number of aliphatic hydroxyl groups excluding tert-OH is 1. The summed E-state index contributed by atoms with van der Waals surface area (Å²) in [6.45, 7) is 1.63. The number of unbranched alkanes of at least 4 members (excludes halogenated alkanes) is 14. The predicted octanol–water partition coefficient (Wildman–Crippen LogP) is 11.8. The zero-order valence-electron chi connectivity index (χ0n) is 37.2. The van der Waals surface area contributed by atoms with Gasteiger partial charge in [0.05, 0.1) is 19.8 Å². The van der Waals surface area contributed by atoms with Crippen LogP contribution in [0.2, 0.25) is 0 Å². The SMILES string of the molecule is CCCCC/C=C\C/C=C\C/C=C\C/C=C\C/C=C\CCC(=O)OC[C@H](COP(=O)(O)OC[C@@H](O)COP(=O)(O)O)OC(=O)CCCCCCCCC/C=C\CCCCCC. The molecule has 0 rings (SSSR count). The van der Waals surface area contributed by atoms with Crippen LogP contribution in [-0.4, -0.2) is 70.4 Å². The van der Waals surface area contributed by atoms with Gasteiger partial charge in [-0.2, -0.15) is 0 Å². The Morgan fingerprint density at radius 1 is 0.475 bits per heavy atom. The smallest absolute Gasteiger partial charge is 0.462 e. The maximum Gasteiger partial charge on any atom is 0.472 e. The van der Waals surface area contributed by atoms with E-state index < -0.39 is 66.2 Å². The number of ether oxygens (including phenoxy) is 2. The van der Waals surface area contributed by atoms with Gasteiger partial charge in [0.1, 0.15) is 12.7 Å². The summed E-state index contributed by atoms with van der Waals surface area (Å²) in [6, 6.07) is 0. The third-order valence-electron chi connectivity index (χ3n) is 9.07. The number of hydrogen-bond acceptors (Lipinski definition) is 10. The van der Waals surface area contributed by atoms with E-state index in [1.807, 2.05) is 12.2 Å². The standard InChI is InChI=1S/C46H80O13P2/c1-3-5-7-9-11-13-15-17-19-20-21-22-24-25-27-29-31-33-35-37-45(48)55-41-44(42-58-61(53,54)57-40-43(47)39-56-60(50,51)52)59-46(49)38-36-34-32-30-28-26-23-18-16-14-12-10-8-6-4-2/h11,13-14,16-17,19,21-22,25,27,31,33,43-44,47H,3-10,12,15,18,20,23-24,26,28-30,32,34-42H2,1-2H3,(H,53,54)(H2,50,51,52)/b13-11-,16-14-,19-17-,22-21-,27-25-,33-31-/t43-,44+/m0/s1. The van der Waals surface area contributed by atoms with Crippen LogP contribution in [0.1, 0.15) is 168 Å². The maximum atomic E-state index is 12.7. The molecule has 0 aliphatic rings. The lowest BCUT2D eigenvalue weighted by atomic mass is 10.1. The molecule has 0 fully saturated rings. The summed E-state index contributed by atoms with van der Waals surface area (Å²) in [5.41, 5.74) is 0. The summed E-state index contributed by atoms with van der Waals surface area (Å²) in [5.74, 6) is -1.14. The number of phosphoric acid groups is 2. The van der Waals surface area contributed by atoms with Crippen molar-refractivity contribution in [3.63, 3.8) is 0 Å². The van der Waals surface area contributed by atoms with Gasteiger partial charge in [0, 0.05) is 12.8 Å². The number of esters is 2. The number of carbonyl (C=O) groups excluding carboxylic acids is 2. The third kappa shape index (κ3) is 45.4. The van der Waals surface area contributed by atoms with Gasteiger partial charge in [-0.3, -0.25) is 23.2 Å². The molecule has 1 unspecified atom stereocenters. The second-order valence-electron chi connectivity index (χ2n) is 15.0. The lowest BCUT2D eigenvalue weighted by molar-refractivity contribution is -0.161. The molecule has 0 aliphatic carbocycles. The van der Waals surface area contributed by atoms with Crippen LogP contribution in [0, 0.1) is 0 Å². The van der Waals surface area contributed by atoms with E-state index in [0.717, 1.165) is 70.6 Å². The van der Waals surface area contributed by atoms with Gasteiger partial charge < -0.3 is 29.3 Å². The number of allylic oxidation sites excluding steroid dienone is 12. The van der Waals surface area contributed by atoms with Crippen LogP contribution in [0.4, 0.5) is 0 Å². The molecule has 0 radical (unpaired) electrons. The van der Waals surface area contributed by atoms with Crippen LogP contribution in [0.3, 0.4) is 0 Å². The third-order valence-corrected chi connectivity index (χ3v) is 10.5. The van der Waals surface area contributed by atoms with Gasteiger partial charge in [0.15, 0.2) is 6.10 Å². The van der Waals surface area contributed by atoms with Crippen molar-refractivity contribution >= 4 is 27.6 Å². The highest BCUT2D eigenvalue weighted by atomic mass is 31.2. The number of carbonyl (C=O) groups is 2. The molecule has 0 spiro atoms. The minimum Gasteiger partial charge on any atom is -0.462 e. The molecule has 0 amide bonds. The molecule has 352 valence electrons. The molecule has 0 aromatic carbocycles. The van der Waals surface area contributed by atoms with Gasteiger partial charge in [-0.25, -0.2) is 9.13 Å². The molecule has 0 bridgehead atoms. The van der Waals surface area contributed by atoms with Gasteiger partial charge >= 0.3 is 27.6 Å². The summed E-state index contributed by atoms with van der Waals surface area (Å²) < 4.78 is 47.7. The van der Waals surface area contributed by atoms with Crippen LogP contribution in [0.25, 0.3) is 0 Å². The lowest BCUT2D eigenvalue weighted by Crippen LogP contribution is -2.29. The molecule has 0 heterocycles. The normalized spacial score (nSPS) is 14.7. The summed E-state index contributed by atoms with van der Waals surface area (Å²) >= 11 is 0. The van der Waals surface area contributed by atoms with E-state index >= 15 is 0 Å². The zero-order valence-corrected chi connectivity index (χ0v) is 39.0. The largest absolute Gasteiger partial charge is 0.472 e. The van der Waals surface area contributed by atoms with E-state index in [0.29, 0.717) is 12.8 Å². The second-order valence-corrected chi connectivity index (χ2v) is 17.7. The van der Waals surface area contributed by atoms with Crippen molar-refractivity contribution in [1.82, 2.24) is 0 Å². The number of phosphoric ester groups is 2. The maximum absolute atomic E-state index is 12.7. The first-order valence-electron chi connectivity index (χ1n) is 22.6. The highest BCUT2D eigenvalue weighted by molar-refractivity contribution is 7.47. The van der Waals surface area contributed by atoms with Crippen molar-refractivity contribution in [1.29, 1.82) is 0 Å². The minimum absolute atomic E-state index is 0.0681. The van der Waals surface area contributed by atoms with Gasteiger partial charge in [0.2, 0.25) is 0 Å². The van der Waals surface area contributed by atoms with E-state index in [9.17, 15) is 28.7 Å². The Morgan fingerprint density at radius 2 is 0.885 bits per heavy atom. The second kappa shape index (κ2) is 41.6. The van der Waals surface area contributed by atoms with Gasteiger partial charge in [-0.05, 0) is 77.0 Å². The van der Waals surface area contributed by atoms with Crippen molar-refractivity contribution in [3.05, 3.63) is 72.9 Å². The van der Waals surface area contributed by atoms with Crippen LogP contribution in [0.15, 0.2) is 72.9 Å². The molecule has 0 saturated carbocycles. The Labute approximate surface area is 367 Å². The summed E-state index contributed by atoms with van der Waals surface area (Å²) in [7, 11) is -9.70. The summed E-state index contributed by atoms with van der Waals surface area (Å²) in [4.78, 5) is 52.7. The molecule has 0 aromatic rings. The highest BCUT2D eigenvalue weighted by Gasteiger charge is 2.28. The summed E-state index contributed by atoms with van der Waals surface area (Å²) in [5, 5.41) is 9.75. The topological polar surface area (TPSA) is 195 Å². The van der Waals surface area contributed by atoms with Crippen molar-refractivity contribution in [2.45, 2.75) is 180 Å². The van der Waals surface area contributed by atoms with Crippen LogP contribution in [0.5, 0.6) is 0 Å². The summed E-state index contributed by atoms with van der Waals surface area (Å²) in [6.07, 6.45) is 46.2. The average molecular weight is 903 g/mol. The van der Waals surface area contributed by atoms with Crippen molar-refractivity contribution < 1.29 is 61.6 Å². The molecule has 0 aromatic heterocycles. The Kier molecular flexibility index (Phi) is 39.9. The van der Waals surface area contributed by atoms with E-state index in [4.69, 9.17) is 23.8 Å². The first-order chi connectivity index (χ1) is 29.4. The zero-order chi connectivity index (χ0) is 45.1. The highest BCUT2D eigenvalue weighted by Crippen LogP contribution is 2.43. The molecule has 0 saturated heterocycles. The van der Waals surface area contributed by atoms with Crippen molar-refractivity contribution in [3.8, 4) is 0 Å². The molecule has 0 aliphatic heterocycles. The molecule has 61 heavy (non-hydrogen) atoms. The number of hydrogen-bond donors (Lipinski definition) is 4. The Hall–Kier alpha value is -2.44. The Balaban J connectivity index is 4.63. The predicted molar refractivity (Wildman–Crippen MR) is 244 cm³/mol. The van der Waals surface area contributed by atoms with Crippen molar-refractivity contribution in [2.75, 3.05) is 26.4 Å². The van der Waals surface area contributed by atoms with Gasteiger partial charge in [-0.1, -0.05) is 151 Å². The number of rotatable bonds is 42. The molecule has 3 atom stereocenters.